The second kappa shape index (κ2) is 7.46. The van der Waals surface area contributed by atoms with Crippen LogP contribution in [0.15, 0.2) is 10.5 Å². The van der Waals surface area contributed by atoms with Crippen LogP contribution >= 0.6 is 51.3 Å². The topological polar surface area (TPSA) is 29.3 Å². The van der Waals surface area contributed by atoms with Crippen molar-refractivity contribution in [1.82, 2.24) is 4.90 Å². The molecule has 2 rings (SSSR count). The average Bonchev–Trinajstić information content (AvgIpc) is 2.58. The largest absolute Gasteiger partial charge is 0.328 e. The van der Waals surface area contributed by atoms with E-state index in [9.17, 15) is 0 Å². The van der Waals surface area contributed by atoms with E-state index < -0.39 is 0 Å². The fraction of sp³-hybridized carbons (Fsp3) is 0.667. The maximum Gasteiger partial charge on any atom is 0.107 e. The van der Waals surface area contributed by atoms with Crippen molar-refractivity contribution in [2.24, 2.45) is 11.7 Å². The van der Waals surface area contributed by atoms with Gasteiger partial charge in [-0.1, -0.05) is 11.6 Å². The predicted molar refractivity (Wildman–Crippen MR) is 85.9 cm³/mol. The lowest BCUT2D eigenvalue weighted by atomic mass is 9.91. The molecule has 1 aliphatic rings. The van der Waals surface area contributed by atoms with Gasteiger partial charge in [0.25, 0.3) is 0 Å². The molecule has 0 bridgehead atoms. The zero-order valence-corrected chi connectivity index (χ0v) is 14.3. The van der Waals surface area contributed by atoms with Crippen molar-refractivity contribution in [3.8, 4) is 0 Å². The molecule has 1 atom stereocenters. The molecule has 6 heteroatoms. The molecule has 1 saturated heterocycles. The van der Waals surface area contributed by atoms with Gasteiger partial charge in [0, 0.05) is 21.9 Å². The first kappa shape index (κ1) is 16.7. The number of hydrogen-bond acceptors (Lipinski definition) is 3. The van der Waals surface area contributed by atoms with Crippen molar-refractivity contribution in [2.45, 2.75) is 32.4 Å². The minimum Gasteiger partial charge on any atom is -0.328 e. The standard InChI is InChI=1S/C12H18BrClN2S.ClH/c1-8(15)9-2-4-16(5-3-9)7-10-6-11(13)12(14)17-10;/h6,8-9H,2-5,7,15H2,1H3;1H. The van der Waals surface area contributed by atoms with Crippen molar-refractivity contribution in [1.29, 1.82) is 0 Å². The van der Waals surface area contributed by atoms with E-state index in [0.717, 1.165) is 28.4 Å². The van der Waals surface area contributed by atoms with E-state index in [1.807, 2.05) is 0 Å². The quantitative estimate of drug-likeness (QED) is 0.862. The monoisotopic (exact) mass is 372 g/mol. The van der Waals surface area contributed by atoms with Crippen LogP contribution in [0.3, 0.4) is 0 Å². The molecular weight excluding hydrogens is 355 g/mol. The molecule has 1 unspecified atom stereocenters. The van der Waals surface area contributed by atoms with Crippen LogP contribution < -0.4 is 5.73 Å². The minimum atomic E-state index is 0. The van der Waals surface area contributed by atoms with Crippen LogP contribution in [-0.2, 0) is 6.54 Å². The van der Waals surface area contributed by atoms with E-state index in [1.165, 1.54) is 17.7 Å². The molecule has 0 aromatic carbocycles. The Hall–Kier alpha value is 0.680. The Balaban J connectivity index is 0.00000162. The van der Waals surface area contributed by atoms with Gasteiger partial charge in [-0.2, -0.15) is 0 Å². The lowest BCUT2D eigenvalue weighted by Gasteiger charge is -2.33. The summed E-state index contributed by atoms with van der Waals surface area (Å²) >= 11 is 11.2. The first-order valence-corrected chi connectivity index (χ1v) is 7.96. The Morgan fingerprint density at radius 1 is 1.56 bits per heavy atom. The van der Waals surface area contributed by atoms with Gasteiger partial charge in [-0.3, -0.25) is 4.90 Å². The van der Waals surface area contributed by atoms with Gasteiger partial charge < -0.3 is 5.73 Å². The second-order valence-corrected chi connectivity index (χ2v) is 7.40. The summed E-state index contributed by atoms with van der Waals surface area (Å²) in [5.74, 6) is 0.699. The molecule has 2 N–H and O–H groups in total. The van der Waals surface area contributed by atoms with Crippen LogP contribution in [0.25, 0.3) is 0 Å². The van der Waals surface area contributed by atoms with Gasteiger partial charge in [-0.15, -0.1) is 23.7 Å². The van der Waals surface area contributed by atoms with Gasteiger partial charge in [0.05, 0.1) is 0 Å². The van der Waals surface area contributed by atoms with E-state index in [2.05, 4.69) is 33.8 Å². The summed E-state index contributed by atoms with van der Waals surface area (Å²) < 4.78 is 1.87. The average molecular weight is 374 g/mol. The first-order chi connectivity index (χ1) is 8.06. The van der Waals surface area contributed by atoms with Gasteiger partial charge in [0.2, 0.25) is 0 Å². The molecule has 1 aliphatic heterocycles. The number of nitrogens with two attached hydrogens (primary N) is 1. The van der Waals surface area contributed by atoms with Crippen LogP contribution in [0.2, 0.25) is 4.34 Å². The van der Waals surface area contributed by atoms with E-state index in [1.54, 1.807) is 11.3 Å². The number of rotatable bonds is 3. The lowest BCUT2D eigenvalue weighted by Crippen LogP contribution is -2.39. The van der Waals surface area contributed by atoms with Gasteiger partial charge in [0.15, 0.2) is 0 Å². The summed E-state index contributed by atoms with van der Waals surface area (Å²) in [4.78, 5) is 3.83. The molecule has 1 aromatic heterocycles. The van der Waals surface area contributed by atoms with Crippen molar-refractivity contribution in [3.63, 3.8) is 0 Å². The number of thiophene rings is 1. The van der Waals surface area contributed by atoms with Gasteiger partial charge in [-0.05, 0) is 60.8 Å². The van der Waals surface area contributed by atoms with Crippen molar-refractivity contribution in [2.75, 3.05) is 13.1 Å². The number of likely N-dealkylation sites (tertiary alicyclic amines) is 1. The maximum absolute atomic E-state index is 6.05. The molecule has 0 saturated carbocycles. The van der Waals surface area contributed by atoms with E-state index >= 15 is 0 Å². The Kier molecular flexibility index (Phi) is 6.93. The summed E-state index contributed by atoms with van der Waals surface area (Å²) in [7, 11) is 0. The molecule has 0 aliphatic carbocycles. The Morgan fingerprint density at radius 3 is 2.61 bits per heavy atom. The number of halogens is 3. The summed E-state index contributed by atoms with van der Waals surface area (Å²) in [6.45, 7) is 5.44. The Morgan fingerprint density at radius 2 is 2.17 bits per heavy atom. The van der Waals surface area contributed by atoms with Crippen LogP contribution in [0.5, 0.6) is 0 Å². The molecule has 18 heavy (non-hydrogen) atoms. The highest BCUT2D eigenvalue weighted by Gasteiger charge is 2.22. The highest BCUT2D eigenvalue weighted by Crippen LogP contribution is 2.33. The summed E-state index contributed by atoms with van der Waals surface area (Å²) in [6, 6.07) is 2.47. The molecular formula is C12H19BrCl2N2S. The normalized spacial score (nSPS) is 19.6. The van der Waals surface area contributed by atoms with Gasteiger partial charge in [-0.25, -0.2) is 0 Å². The molecule has 2 heterocycles. The fourth-order valence-corrected chi connectivity index (χ4v) is 4.16. The number of hydrogen-bond donors (Lipinski definition) is 1. The summed E-state index contributed by atoms with van der Waals surface area (Å²) in [5.41, 5.74) is 5.95. The van der Waals surface area contributed by atoms with E-state index in [-0.39, 0.29) is 12.4 Å². The zero-order valence-electron chi connectivity index (χ0n) is 10.4. The smallest absolute Gasteiger partial charge is 0.107 e. The molecule has 2 nitrogen and oxygen atoms in total. The van der Waals surface area contributed by atoms with E-state index in [0.29, 0.717) is 12.0 Å². The van der Waals surface area contributed by atoms with Crippen molar-refractivity contribution in [3.05, 3.63) is 19.8 Å². The zero-order chi connectivity index (χ0) is 12.4. The van der Waals surface area contributed by atoms with Crippen LogP contribution in [0.1, 0.15) is 24.6 Å². The molecule has 1 aromatic rings. The van der Waals surface area contributed by atoms with Crippen molar-refractivity contribution < 1.29 is 0 Å². The fourth-order valence-electron chi connectivity index (χ4n) is 2.33. The van der Waals surface area contributed by atoms with Gasteiger partial charge in [0.1, 0.15) is 4.34 Å². The lowest BCUT2D eigenvalue weighted by molar-refractivity contribution is 0.167. The molecule has 0 amide bonds. The van der Waals surface area contributed by atoms with Crippen molar-refractivity contribution >= 4 is 51.3 Å². The molecule has 1 fully saturated rings. The number of nitrogens with zero attached hydrogens (tertiary/aromatic N) is 1. The predicted octanol–water partition coefficient (Wildman–Crippen LogP) is 4.15. The highest BCUT2D eigenvalue weighted by atomic mass is 79.9. The van der Waals surface area contributed by atoms with Gasteiger partial charge >= 0.3 is 0 Å². The third kappa shape index (κ3) is 4.36. The highest BCUT2D eigenvalue weighted by molar-refractivity contribution is 9.10. The Labute approximate surface area is 132 Å². The van der Waals surface area contributed by atoms with E-state index in [4.69, 9.17) is 17.3 Å². The summed E-state index contributed by atoms with van der Waals surface area (Å²) in [6.07, 6.45) is 2.44. The van der Waals surface area contributed by atoms with Crippen LogP contribution in [-0.4, -0.2) is 24.0 Å². The molecule has 0 spiro atoms. The third-order valence-electron chi connectivity index (χ3n) is 3.45. The van der Waals surface area contributed by atoms with Crippen LogP contribution in [0, 0.1) is 5.92 Å². The number of piperidine rings is 1. The summed E-state index contributed by atoms with van der Waals surface area (Å²) in [5, 5.41) is 0. The molecule has 104 valence electrons. The third-order valence-corrected chi connectivity index (χ3v) is 5.91. The minimum absolute atomic E-state index is 0. The Bertz CT molecular complexity index is 357. The van der Waals surface area contributed by atoms with Crippen LogP contribution in [0.4, 0.5) is 0 Å². The second-order valence-electron chi connectivity index (χ2n) is 4.81. The maximum atomic E-state index is 6.05. The molecule has 0 radical (unpaired) electrons. The first-order valence-electron chi connectivity index (χ1n) is 5.98. The SMILES string of the molecule is CC(N)C1CCN(Cc2cc(Br)c(Cl)s2)CC1.Cl.